The molecule has 2 fully saturated rings. The average molecular weight is 274 g/mol. The molecule has 20 heavy (non-hydrogen) atoms. The van der Waals surface area contributed by atoms with Gasteiger partial charge in [-0.05, 0) is 37.6 Å². The fraction of sp³-hybridized carbons (Fsp3) is 0.533. The summed E-state index contributed by atoms with van der Waals surface area (Å²) >= 11 is 0. The molecule has 1 aromatic carbocycles. The highest BCUT2D eigenvalue weighted by atomic mass is 16.2. The van der Waals surface area contributed by atoms with Crippen molar-refractivity contribution in [2.24, 2.45) is 0 Å². The molecule has 5 nitrogen and oxygen atoms in total. The molecule has 0 aromatic heterocycles. The number of carbonyl (C=O) groups excluding carboxylic acids is 1. The van der Waals surface area contributed by atoms with Crippen LogP contribution >= 0.6 is 0 Å². The molecule has 3 rings (SSSR count). The number of piperazine rings is 1. The van der Waals surface area contributed by atoms with Gasteiger partial charge in [-0.15, -0.1) is 0 Å². The molecule has 2 heterocycles. The van der Waals surface area contributed by atoms with Crippen LogP contribution in [0, 0.1) is 0 Å². The molecular weight excluding hydrogens is 252 g/mol. The highest BCUT2D eigenvalue weighted by molar-refractivity contribution is 5.99. The van der Waals surface area contributed by atoms with E-state index in [9.17, 15) is 4.79 Å². The Morgan fingerprint density at radius 2 is 2.00 bits per heavy atom. The maximum atomic E-state index is 12.6. The van der Waals surface area contributed by atoms with Crippen molar-refractivity contribution in [2.75, 3.05) is 37.6 Å². The Morgan fingerprint density at radius 3 is 2.80 bits per heavy atom. The first-order valence-electron chi connectivity index (χ1n) is 7.33. The third-order valence-corrected chi connectivity index (χ3v) is 4.43. The molecule has 1 amide bonds. The topological polar surface area (TPSA) is 75.6 Å². The molecule has 0 bridgehead atoms. The minimum atomic E-state index is 0.0349. The maximum absolute atomic E-state index is 12.6. The number of piperidine rings is 1. The zero-order valence-corrected chi connectivity index (χ0v) is 11.7. The summed E-state index contributed by atoms with van der Waals surface area (Å²) in [6.45, 7) is 3.77. The summed E-state index contributed by atoms with van der Waals surface area (Å²) in [6, 6.07) is 5.65. The lowest BCUT2D eigenvalue weighted by atomic mass is 9.99. The number of amides is 1. The monoisotopic (exact) mass is 274 g/mol. The number of nitrogens with zero attached hydrogens (tertiary/aromatic N) is 2. The molecule has 1 atom stereocenters. The summed E-state index contributed by atoms with van der Waals surface area (Å²) in [6.07, 6.45) is 3.75. The van der Waals surface area contributed by atoms with E-state index in [1.54, 1.807) is 18.2 Å². The first kappa shape index (κ1) is 13.2. The number of hydrogen-bond donors (Lipinski definition) is 2. The van der Waals surface area contributed by atoms with E-state index in [4.69, 9.17) is 11.5 Å². The maximum Gasteiger partial charge on any atom is 0.256 e. The van der Waals surface area contributed by atoms with Gasteiger partial charge in [0.05, 0.1) is 5.56 Å². The first-order valence-corrected chi connectivity index (χ1v) is 7.33. The zero-order chi connectivity index (χ0) is 14.1. The van der Waals surface area contributed by atoms with E-state index in [0.29, 0.717) is 23.0 Å². The number of nitrogen functional groups attached to an aromatic ring is 2. The van der Waals surface area contributed by atoms with Gasteiger partial charge in [-0.25, -0.2) is 0 Å². The smallest absolute Gasteiger partial charge is 0.256 e. The molecule has 2 saturated heterocycles. The van der Waals surface area contributed by atoms with Crippen LogP contribution in [0.25, 0.3) is 0 Å². The number of carbonyl (C=O) groups is 1. The summed E-state index contributed by atoms with van der Waals surface area (Å²) in [5.74, 6) is 0.0349. The third kappa shape index (κ3) is 2.45. The molecule has 2 aliphatic heterocycles. The van der Waals surface area contributed by atoms with Gasteiger partial charge in [0.25, 0.3) is 5.91 Å². The fourth-order valence-corrected chi connectivity index (χ4v) is 3.29. The van der Waals surface area contributed by atoms with Crippen LogP contribution in [0.2, 0.25) is 0 Å². The first-order chi connectivity index (χ1) is 9.65. The zero-order valence-electron chi connectivity index (χ0n) is 11.7. The van der Waals surface area contributed by atoms with E-state index in [1.807, 2.05) is 4.90 Å². The average Bonchev–Trinajstić information content (AvgIpc) is 2.46. The Hall–Kier alpha value is -1.75. The Morgan fingerprint density at radius 1 is 1.15 bits per heavy atom. The van der Waals surface area contributed by atoms with E-state index >= 15 is 0 Å². The SMILES string of the molecule is Nc1ccc(C(=O)N2CCN3CCCCC3C2)c(N)c1. The third-order valence-electron chi connectivity index (χ3n) is 4.43. The van der Waals surface area contributed by atoms with Gasteiger partial charge in [0, 0.05) is 37.1 Å². The number of benzene rings is 1. The van der Waals surface area contributed by atoms with Gasteiger partial charge < -0.3 is 16.4 Å². The number of anilines is 2. The molecular formula is C15H22N4O. The summed E-state index contributed by atoms with van der Waals surface area (Å²) in [7, 11) is 0. The van der Waals surface area contributed by atoms with E-state index in [1.165, 1.54) is 25.8 Å². The van der Waals surface area contributed by atoms with Crippen molar-refractivity contribution >= 4 is 17.3 Å². The van der Waals surface area contributed by atoms with Gasteiger partial charge in [-0.3, -0.25) is 9.69 Å². The predicted molar refractivity (Wildman–Crippen MR) is 80.4 cm³/mol. The number of nitrogens with two attached hydrogens (primary N) is 2. The van der Waals surface area contributed by atoms with Crippen molar-refractivity contribution in [3.05, 3.63) is 23.8 Å². The Kier molecular flexibility index (Phi) is 3.53. The quantitative estimate of drug-likeness (QED) is 0.754. The van der Waals surface area contributed by atoms with Crippen molar-refractivity contribution in [3.8, 4) is 0 Å². The second kappa shape index (κ2) is 5.32. The van der Waals surface area contributed by atoms with E-state index in [0.717, 1.165) is 19.6 Å². The van der Waals surface area contributed by atoms with Crippen LogP contribution in [-0.2, 0) is 0 Å². The normalized spacial score (nSPS) is 23.4. The Bertz CT molecular complexity index is 517. The summed E-state index contributed by atoms with van der Waals surface area (Å²) in [4.78, 5) is 17.0. The van der Waals surface area contributed by atoms with Crippen LogP contribution in [0.5, 0.6) is 0 Å². The van der Waals surface area contributed by atoms with Crippen molar-refractivity contribution in [2.45, 2.75) is 25.3 Å². The number of fused-ring (bicyclic) bond motifs is 1. The second-order valence-electron chi connectivity index (χ2n) is 5.78. The number of rotatable bonds is 1. The van der Waals surface area contributed by atoms with E-state index in [-0.39, 0.29) is 5.91 Å². The van der Waals surface area contributed by atoms with Crippen molar-refractivity contribution < 1.29 is 4.79 Å². The Balaban J connectivity index is 1.74. The minimum absolute atomic E-state index is 0.0349. The lowest BCUT2D eigenvalue weighted by molar-refractivity contribution is 0.0373. The Labute approximate surface area is 119 Å². The van der Waals surface area contributed by atoms with Crippen molar-refractivity contribution in [1.82, 2.24) is 9.80 Å². The van der Waals surface area contributed by atoms with Gasteiger partial charge >= 0.3 is 0 Å². The number of hydrogen-bond acceptors (Lipinski definition) is 4. The van der Waals surface area contributed by atoms with Crippen LogP contribution in [0.1, 0.15) is 29.6 Å². The lowest BCUT2D eigenvalue weighted by Gasteiger charge is -2.44. The van der Waals surface area contributed by atoms with Crippen LogP contribution in [-0.4, -0.2) is 47.9 Å². The molecule has 0 aliphatic carbocycles. The van der Waals surface area contributed by atoms with Crippen LogP contribution < -0.4 is 11.5 Å². The van der Waals surface area contributed by atoms with E-state index in [2.05, 4.69) is 4.90 Å². The molecule has 0 radical (unpaired) electrons. The van der Waals surface area contributed by atoms with E-state index < -0.39 is 0 Å². The second-order valence-corrected chi connectivity index (χ2v) is 5.78. The summed E-state index contributed by atoms with van der Waals surface area (Å²) in [5, 5.41) is 0. The van der Waals surface area contributed by atoms with Crippen molar-refractivity contribution in [3.63, 3.8) is 0 Å². The van der Waals surface area contributed by atoms with Crippen LogP contribution in [0.4, 0.5) is 11.4 Å². The summed E-state index contributed by atoms with van der Waals surface area (Å²) in [5.41, 5.74) is 13.2. The van der Waals surface area contributed by atoms with Gasteiger partial charge in [0.15, 0.2) is 0 Å². The highest BCUT2D eigenvalue weighted by Crippen LogP contribution is 2.24. The van der Waals surface area contributed by atoms with Gasteiger partial charge in [0.2, 0.25) is 0 Å². The standard InChI is InChI=1S/C15H22N4O/c16-11-4-5-13(14(17)9-11)15(20)19-8-7-18-6-2-1-3-12(18)10-19/h4-5,9,12H,1-3,6-8,10,16-17H2. The molecule has 0 spiro atoms. The lowest BCUT2D eigenvalue weighted by Crippen LogP contribution is -2.56. The summed E-state index contributed by atoms with van der Waals surface area (Å²) < 4.78 is 0. The predicted octanol–water partition coefficient (Wildman–Crippen LogP) is 1.16. The van der Waals surface area contributed by atoms with Gasteiger partial charge in [-0.1, -0.05) is 6.42 Å². The largest absolute Gasteiger partial charge is 0.399 e. The molecule has 2 aliphatic rings. The molecule has 1 aromatic rings. The van der Waals surface area contributed by atoms with Crippen LogP contribution in [0.3, 0.4) is 0 Å². The molecule has 108 valence electrons. The molecule has 4 N–H and O–H groups in total. The highest BCUT2D eigenvalue weighted by Gasteiger charge is 2.31. The van der Waals surface area contributed by atoms with Crippen molar-refractivity contribution in [1.29, 1.82) is 0 Å². The molecule has 5 heteroatoms. The van der Waals surface area contributed by atoms with Gasteiger partial charge in [0.1, 0.15) is 0 Å². The minimum Gasteiger partial charge on any atom is -0.399 e. The van der Waals surface area contributed by atoms with Gasteiger partial charge in [-0.2, -0.15) is 0 Å². The fourth-order valence-electron chi connectivity index (χ4n) is 3.29. The molecule has 1 unspecified atom stereocenters. The van der Waals surface area contributed by atoms with Crippen LogP contribution in [0.15, 0.2) is 18.2 Å². The molecule has 0 saturated carbocycles.